The number of rotatable bonds is 9. The minimum Gasteiger partial charge on any atom is -0.349 e. The Morgan fingerprint density at radius 2 is 1.76 bits per heavy atom. The van der Waals surface area contributed by atoms with Gasteiger partial charge in [0.2, 0.25) is 17.7 Å². The second-order valence-corrected chi connectivity index (χ2v) is 9.83. The summed E-state index contributed by atoms with van der Waals surface area (Å²) in [6.07, 6.45) is -2.24. The van der Waals surface area contributed by atoms with Crippen molar-refractivity contribution >= 4 is 17.5 Å². The van der Waals surface area contributed by atoms with Crippen LogP contribution in [0.3, 0.4) is 0 Å². The largest absolute Gasteiger partial charge is 0.389 e. The zero-order valence-corrected chi connectivity index (χ0v) is 19.9. The van der Waals surface area contributed by atoms with E-state index in [0.717, 1.165) is 12.8 Å². The van der Waals surface area contributed by atoms with Crippen LogP contribution in [0.2, 0.25) is 0 Å². The highest BCUT2D eigenvalue weighted by Crippen LogP contribution is 2.42. The van der Waals surface area contributed by atoms with E-state index in [2.05, 4.69) is 20.7 Å². The summed E-state index contributed by atoms with van der Waals surface area (Å²) in [5.41, 5.74) is 1.38. The molecule has 37 heavy (non-hydrogen) atoms. The van der Waals surface area contributed by atoms with Crippen LogP contribution in [0.15, 0.2) is 18.5 Å². The number of hydrogen-bond acceptors (Lipinski definition) is 5. The SMILES string of the molecule is N#CCC(=O)N[C@H](c1cn2ncc(C(NC(=O)CCC(F)(F)F)C3CC3)cc2n1)C1CCC(F)(F)CC1. The second-order valence-electron chi connectivity index (χ2n) is 9.83. The van der Waals surface area contributed by atoms with Gasteiger partial charge in [-0.1, -0.05) is 0 Å². The Morgan fingerprint density at radius 1 is 1.11 bits per heavy atom. The molecule has 2 N–H and O–H groups in total. The standard InChI is InChI=1S/C24H27F5N6O2/c25-23(26)7-3-15(4-8-23)22(34-20(37)6-10-30)17-13-35-18(32-17)11-16(12-31-35)21(14-1-2-14)33-19(36)5-9-24(27,28)29/h11-15,21-22H,1-9H2,(H,33,36)(H,34,37)/t21?,22-/m0/s1. The van der Waals surface area contributed by atoms with Crippen molar-refractivity contribution in [1.29, 1.82) is 5.26 Å². The topological polar surface area (TPSA) is 112 Å². The van der Waals surface area contributed by atoms with Gasteiger partial charge in [-0.15, -0.1) is 0 Å². The van der Waals surface area contributed by atoms with Crippen LogP contribution in [-0.2, 0) is 9.59 Å². The molecular formula is C24H27F5N6O2. The van der Waals surface area contributed by atoms with Crippen molar-refractivity contribution in [3.63, 3.8) is 0 Å². The molecule has 2 heterocycles. The van der Waals surface area contributed by atoms with Crippen molar-refractivity contribution in [2.45, 2.75) is 82.0 Å². The molecule has 0 bridgehead atoms. The summed E-state index contributed by atoms with van der Waals surface area (Å²) in [6, 6.07) is 2.24. The molecule has 2 saturated carbocycles. The number of imidazole rings is 1. The van der Waals surface area contributed by atoms with E-state index in [-0.39, 0.29) is 43.9 Å². The lowest BCUT2D eigenvalue weighted by molar-refractivity contribution is -0.144. The quantitative estimate of drug-likeness (QED) is 0.466. The first-order valence-electron chi connectivity index (χ1n) is 12.2. The van der Waals surface area contributed by atoms with E-state index in [9.17, 15) is 31.5 Å². The first-order valence-corrected chi connectivity index (χ1v) is 12.2. The number of nitrogens with one attached hydrogen (secondary N) is 2. The summed E-state index contributed by atoms with van der Waals surface area (Å²) >= 11 is 0. The molecule has 2 aromatic rings. The van der Waals surface area contributed by atoms with Crippen molar-refractivity contribution in [3.05, 3.63) is 29.7 Å². The highest BCUT2D eigenvalue weighted by Gasteiger charge is 2.39. The Morgan fingerprint density at radius 3 is 2.38 bits per heavy atom. The Bertz CT molecular complexity index is 1180. The van der Waals surface area contributed by atoms with Crippen LogP contribution < -0.4 is 10.6 Å². The summed E-state index contributed by atoms with van der Waals surface area (Å²) in [5, 5.41) is 18.6. The molecule has 2 amide bonds. The number of aromatic nitrogens is 3. The van der Waals surface area contributed by atoms with Crippen molar-refractivity contribution in [1.82, 2.24) is 25.2 Å². The molecule has 1 unspecified atom stereocenters. The maximum absolute atomic E-state index is 13.7. The molecule has 8 nitrogen and oxygen atoms in total. The van der Waals surface area contributed by atoms with Gasteiger partial charge in [0.25, 0.3) is 0 Å². The number of fused-ring (bicyclic) bond motifs is 1. The first kappa shape index (κ1) is 26.8. The molecule has 2 aromatic heterocycles. The lowest BCUT2D eigenvalue weighted by Gasteiger charge is -2.33. The number of nitriles is 1. The third-order valence-corrected chi connectivity index (χ3v) is 6.87. The minimum absolute atomic E-state index is 0.0791. The van der Waals surface area contributed by atoms with Gasteiger partial charge in [0.1, 0.15) is 6.42 Å². The van der Waals surface area contributed by atoms with E-state index in [1.165, 1.54) is 10.7 Å². The van der Waals surface area contributed by atoms with Crippen molar-refractivity contribution in [3.8, 4) is 6.07 Å². The molecule has 13 heteroatoms. The summed E-state index contributed by atoms with van der Waals surface area (Å²) in [6.45, 7) is 0. The normalized spacial score (nSPS) is 19.7. The predicted molar refractivity (Wildman–Crippen MR) is 120 cm³/mol. The fraction of sp³-hybridized carbons (Fsp3) is 0.625. The van der Waals surface area contributed by atoms with Crippen LogP contribution in [0, 0.1) is 23.2 Å². The van der Waals surface area contributed by atoms with Gasteiger partial charge >= 0.3 is 6.18 Å². The number of hydrogen-bond donors (Lipinski definition) is 2. The predicted octanol–water partition coefficient (Wildman–Crippen LogP) is 4.54. The number of halogens is 5. The smallest absolute Gasteiger partial charge is 0.349 e. The molecule has 0 aliphatic heterocycles. The Kier molecular flexibility index (Phi) is 7.66. The van der Waals surface area contributed by atoms with Crippen LogP contribution in [0.5, 0.6) is 0 Å². The average Bonchev–Trinajstić information content (AvgIpc) is 3.57. The number of nitrogens with zero attached hydrogens (tertiary/aromatic N) is 4. The van der Waals surface area contributed by atoms with E-state index < -0.39 is 48.8 Å². The van der Waals surface area contributed by atoms with Crippen LogP contribution in [0.25, 0.3) is 5.65 Å². The molecule has 2 aliphatic carbocycles. The van der Waals surface area contributed by atoms with Gasteiger partial charge in [0.15, 0.2) is 5.65 Å². The third kappa shape index (κ3) is 7.14. The number of alkyl halides is 5. The molecule has 0 saturated heterocycles. The van der Waals surface area contributed by atoms with Gasteiger partial charge in [-0.3, -0.25) is 9.59 Å². The average molecular weight is 527 g/mol. The van der Waals surface area contributed by atoms with Crippen LogP contribution in [0.1, 0.15) is 81.1 Å². The number of carbonyl (C=O) groups is 2. The summed E-state index contributed by atoms with van der Waals surface area (Å²) in [7, 11) is 0. The van der Waals surface area contributed by atoms with Gasteiger partial charge in [0.05, 0.1) is 42.7 Å². The van der Waals surface area contributed by atoms with Crippen LogP contribution in [-0.4, -0.2) is 38.5 Å². The Balaban J connectivity index is 1.55. The molecule has 2 atom stereocenters. The molecule has 2 aliphatic rings. The fourth-order valence-electron chi connectivity index (χ4n) is 4.76. The number of amides is 2. The van der Waals surface area contributed by atoms with Crippen LogP contribution >= 0.6 is 0 Å². The van der Waals surface area contributed by atoms with Crippen LogP contribution in [0.4, 0.5) is 22.0 Å². The van der Waals surface area contributed by atoms with E-state index in [1.807, 2.05) is 0 Å². The molecule has 2 fully saturated rings. The summed E-state index contributed by atoms with van der Waals surface area (Å²) < 4.78 is 66.4. The molecule has 0 spiro atoms. The van der Waals surface area contributed by atoms with Crippen molar-refractivity contribution in [2.24, 2.45) is 11.8 Å². The van der Waals surface area contributed by atoms with Gasteiger partial charge in [-0.25, -0.2) is 18.3 Å². The van der Waals surface area contributed by atoms with E-state index in [0.29, 0.717) is 16.9 Å². The molecule has 0 radical (unpaired) electrons. The third-order valence-electron chi connectivity index (χ3n) is 6.87. The molecule has 200 valence electrons. The zero-order valence-electron chi connectivity index (χ0n) is 19.9. The minimum atomic E-state index is -4.42. The maximum atomic E-state index is 13.7. The lowest BCUT2D eigenvalue weighted by Crippen LogP contribution is -2.37. The second kappa shape index (κ2) is 10.6. The lowest BCUT2D eigenvalue weighted by atomic mass is 9.81. The highest BCUT2D eigenvalue weighted by molar-refractivity contribution is 5.78. The van der Waals surface area contributed by atoms with Crippen molar-refractivity contribution in [2.75, 3.05) is 0 Å². The van der Waals surface area contributed by atoms with E-state index in [4.69, 9.17) is 5.26 Å². The molecule has 4 rings (SSSR count). The first-order chi connectivity index (χ1) is 17.4. The Hall–Kier alpha value is -3.30. The highest BCUT2D eigenvalue weighted by atomic mass is 19.4. The van der Waals surface area contributed by atoms with Gasteiger partial charge < -0.3 is 10.6 Å². The zero-order chi connectivity index (χ0) is 26.8. The Labute approximate surface area is 209 Å². The number of carbonyl (C=O) groups excluding carboxylic acids is 2. The summed E-state index contributed by atoms with van der Waals surface area (Å²) in [4.78, 5) is 28.9. The molecular weight excluding hydrogens is 499 g/mol. The monoisotopic (exact) mass is 526 g/mol. The van der Waals surface area contributed by atoms with Gasteiger partial charge in [0, 0.05) is 19.3 Å². The summed E-state index contributed by atoms with van der Waals surface area (Å²) in [5.74, 6) is -4.22. The van der Waals surface area contributed by atoms with E-state index >= 15 is 0 Å². The van der Waals surface area contributed by atoms with Gasteiger partial charge in [-0.2, -0.15) is 23.5 Å². The molecule has 0 aromatic carbocycles. The van der Waals surface area contributed by atoms with E-state index in [1.54, 1.807) is 18.3 Å². The fourth-order valence-corrected chi connectivity index (χ4v) is 4.76. The van der Waals surface area contributed by atoms with Crippen molar-refractivity contribution < 1.29 is 31.5 Å². The maximum Gasteiger partial charge on any atom is 0.389 e. The van der Waals surface area contributed by atoms with Gasteiger partial charge in [-0.05, 0) is 49.1 Å².